The van der Waals surface area contributed by atoms with Crippen molar-refractivity contribution in [3.05, 3.63) is 38.9 Å². The summed E-state index contributed by atoms with van der Waals surface area (Å²) in [4.78, 5) is 33.1. The molecule has 1 saturated carbocycles. The number of carbonyl (C=O) groups excluding carboxylic acids is 1. The lowest BCUT2D eigenvalue weighted by Crippen LogP contribution is -2.42. The summed E-state index contributed by atoms with van der Waals surface area (Å²) in [6.07, 6.45) is 1.47. The van der Waals surface area contributed by atoms with Gasteiger partial charge in [0.1, 0.15) is 11.1 Å². The lowest BCUT2D eigenvalue weighted by molar-refractivity contribution is -0.384. The molecule has 2 rings (SSSR count). The van der Waals surface area contributed by atoms with Gasteiger partial charge in [-0.2, -0.15) is 0 Å². The van der Waals surface area contributed by atoms with E-state index < -0.39 is 28.5 Å². The van der Waals surface area contributed by atoms with Crippen molar-refractivity contribution in [1.82, 2.24) is 5.32 Å². The number of halogens is 1. The van der Waals surface area contributed by atoms with Crippen molar-refractivity contribution in [3.8, 4) is 0 Å². The Kier molecular flexibility index (Phi) is 3.89. The quantitative estimate of drug-likeness (QED) is 0.636. The maximum Gasteiger partial charge on any atom is 0.326 e. The molecule has 2 N–H and O–H groups in total. The molecule has 7 nitrogen and oxygen atoms in total. The normalized spacial score (nSPS) is 15.4. The number of benzene rings is 1. The first kappa shape index (κ1) is 14.3. The van der Waals surface area contributed by atoms with Gasteiger partial charge in [0.05, 0.1) is 10.5 Å². The summed E-state index contributed by atoms with van der Waals surface area (Å²) in [5.74, 6) is -1.94. The van der Waals surface area contributed by atoms with Gasteiger partial charge >= 0.3 is 5.97 Å². The summed E-state index contributed by atoms with van der Waals surface area (Å²) in [7, 11) is 0. The number of aliphatic carboxylic acids is 1. The van der Waals surface area contributed by atoms with Crippen LogP contribution in [0.2, 0.25) is 5.02 Å². The molecular formula is C12H11ClN2O5. The predicted octanol–water partition coefficient (Wildman–Crippen LogP) is 1.84. The van der Waals surface area contributed by atoms with E-state index in [0.717, 1.165) is 12.8 Å². The third-order valence-corrected chi connectivity index (χ3v) is 3.46. The first-order valence-electron chi connectivity index (χ1n) is 5.88. The summed E-state index contributed by atoms with van der Waals surface area (Å²) >= 11 is 5.81. The van der Waals surface area contributed by atoms with Crippen molar-refractivity contribution >= 4 is 29.2 Å². The number of carboxylic acid groups (broad SMARTS) is 1. The van der Waals surface area contributed by atoms with E-state index in [2.05, 4.69) is 5.32 Å². The molecule has 8 heteroatoms. The maximum atomic E-state index is 12.0. The minimum atomic E-state index is -1.12. The molecule has 0 bridgehead atoms. The van der Waals surface area contributed by atoms with Gasteiger partial charge in [-0.15, -0.1) is 0 Å². The third kappa shape index (κ3) is 2.88. The number of nitrogens with zero attached hydrogens (tertiary/aromatic N) is 1. The highest BCUT2D eigenvalue weighted by atomic mass is 35.5. The molecule has 20 heavy (non-hydrogen) atoms. The number of hydrogen-bond donors (Lipinski definition) is 2. The van der Waals surface area contributed by atoms with Crippen LogP contribution in [0.15, 0.2) is 18.2 Å². The van der Waals surface area contributed by atoms with Crippen LogP contribution in [-0.4, -0.2) is 27.9 Å². The molecule has 0 aliphatic heterocycles. The van der Waals surface area contributed by atoms with Gasteiger partial charge in [0.15, 0.2) is 0 Å². The Balaban J connectivity index is 2.23. The summed E-state index contributed by atoms with van der Waals surface area (Å²) in [5, 5.41) is 21.8. The van der Waals surface area contributed by atoms with Gasteiger partial charge in [-0.1, -0.05) is 17.7 Å². The molecule has 1 aromatic rings. The zero-order valence-corrected chi connectivity index (χ0v) is 11.0. The largest absolute Gasteiger partial charge is 0.480 e. The molecule has 1 unspecified atom stereocenters. The molecule has 1 aliphatic rings. The maximum absolute atomic E-state index is 12.0. The average molecular weight is 299 g/mol. The topological polar surface area (TPSA) is 110 Å². The Morgan fingerprint density at radius 1 is 1.45 bits per heavy atom. The van der Waals surface area contributed by atoms with Crippen LogP contribution in [0.25, 0.3) is 0 Å². The molecule has 0 heterocycles. The second kappa shape index (κ2) is 5.46. The summed E-state index contributed by atoms with van der Waals surface area (Å²) in [5.41, 5.74) is -0.495. The van der Waals surface area contributed by atoms with Crippen molar-refractivity contribution < 1.29 is 19.6 Å². The van der Waals surface area contributed by atoms with Gasteiger partial charge in [0, 0.05) is 6.07 Å². The number of amides is 1. The zero-order valence-electron chi connectivity index (χ0n) is 10.2. The van der Waals surface area contributed by atoms with Gasteiger partial charge in [-0.25, -0.2) is 4.79 Å². The molecule has 1 atom stereocenters. The van der Waals surface area contributed by atoms with E-state index in [9.17, 15) is 19.7 Å². The summed E-state index contributed by atoms with van der Waals surface area (Å²) in [6.45, 7) is 0. The fourth-order valence-electron chi connectivity index (χ4n) is 1.87. The fraction of sp³-hybridized carbons (Fsp3) is 0.333. The van der Waals surface area contributed by atoms with Gasteiger partial charge in [-0.05, 0) is 24.8 Å². The Morgan fingerprint density at radius 2 is 2.10 bits per heavy atom. The molecule has 0 spiro atoms. The van der Waals surface area contributed by atoms with Crippen molar-refractivity contribution in [2.24, 2.45) is 5.92 Å². The summed E-state index contributed by atoms with van der Waals surface area (Å²) in [6, 6.07) is 2.83. The van der Waals surface area contributed by atoms with E-state index in [1.807, 2.05) is 0 Å². The minimum Gasteiger partial charge on any atom is -0.480 e. The van der Waals surface area contributed by atoms with Crippen molar-refractivity contribution in [2.75, 3.05) is 0 Å². The molecule has 0 radical (unpaired) electrons. The Hall–Kier alpha value is -2.15. The van der Waals surface area contributed by atoms with Crippen LogP contribution in [0.4, 0.5) is 5.69 Å². The van der Waals surface area contributed by atoms with E-state index in [-0.39, 0.29) is 16.5 Å². The van der Waals surface area contributed by atoms with Gasteiger partial charge in [-0.3, -0.25) is 14.9 Å². The molecule has 106 valence electrons. The van der Waals surface area contributed by atoms with Crippen LogP contribution >= 0.6 is 11.6 Å². The summed E-state index contributed by atoms with van der Waals surface area (Å²) < 4.78 is 0. The van der Waals surface area contributed by atoms with Gasteiger partial charge < -0.3 is 10.4 Å². The average Bonchev–Trinajstić information content (AvgIpc) is 3.19. The highest BCUT2D eigenvalue weighted by Gasteiger charge is 2.37. The van der Waals surface area contributed by atoms with Crippen LogP contribution in [0.1, 0.15) is 23.2 Å². The molecule has 0 aromatic heterocycles. The first-order valence-corrected chi connectivity index (χ1v) is 6.26. The number of rotatable bonds is 5. The van der Waals surface area contributed by atoms with Crippen molar-refractivity contribution in [3.63, 3.8) is 0 Å². The Bertz CT molecular complexity index is 585. The Morgan fingerprint density at radius 3 is 2.60 bits per heavy atom. The second-order valence-electron chi connectivity index (χ2n) is 4.52. The van der Waals surface area contributed by atoms with E-state index in [4.69, 9.17) is 16.7 Å². The molecule has 1 amide bonds. The van der Waals surface area contributed by atoms with Gasteiger partial charge in [0.2, 0.25) is 0 Å². The van der Waals surface area contributed by atoms with E-state index in [1.54, 1.807) is 0 Å². The number of carboxylic acids is 1. The predicted molar refractivity (Wildman–Crippen MR) is 69.7 cm³/mol. The molecule has 1 aromatic carbocycles. The molecular weight excluding hydrogens is 288 g/mol. The third-order valence-electron chi connectivity index (χ3n) is 3.07. The fourth-order valence-corrected chi connectivity index (χ4v) is 2.15. The van der Waals surface area contributed by atoms with E-state index in [1.165, 1.54) is 18.2 Å². The number of hydrogen-bond acceptors (Lipinski definition) is 4. The SMILES string of the molecule is O=C(NC(C(=O)O)C1CC1)c1cccc([N+](=O)[O-])c1Cl. The number of nitro benzene ring substituents is 1. The van der Waals surface area contributed by atoms with Crippen molar-refractivity contribution in [2.45, 2.75) is 18.9 Å². The first-order chi connectivity index (χ1) is 9.41. The standard InChI is InChI=1S/C12H11ClN2O5/c13-9-7(2-1-3-8(9)15(19)20)11(16)14-10(12(17)18)6-4-5-6/h1-3,6,10H,4-5H2,(H,14,16)(H,17,18). The Labute approximate surface area is 118 Å². The van der Waals surface area contributed by atoms with Crippen LogP contribution in [0.5, 0.6) is 0 Å². The van der Waals surface area contributed by atoms with E-state index >= 15 is 0 Å². The highest BCUT2D eigenvalue weighted by Crippen LogP contribution is 2.33. The van der Waals surface area contributed by atoms with Crippen LogP contribution in [-0.2, 0) is 4.79 Å². The van der Waals surface area contributed by atoms with E-state index in [0.29, 0.717) is 0 Å². The lowest BCUT2D eigenvalue weighted by Gasteiger charge is -2.14. The molecule has 0 saturated heterocycles. The minimum absolute atomic E-state index is 0.0890. The number of nitrogens with one attached hydrogen (secondary N) is 1. The number of nitro groups is 1. The van der Waals surface area contributed by atoms with Crippen LogP contribution in [0.3, 0.4) is 0 Å². The van der Waals surface area contributed by atoms with Crippen LogP contribution < -0.4 is 5.32 Å². The smallest absolute Gasteiger partial charge is 0.326 e. The monoisotopic (exact) mass is 298 g/mol. The zero-order chi connectivity index (χ0) is 14.9. The molecule has 1 aliphatic carbocycles. The van der Waals surface area contributed by atoms with Crippen LogP contribution in [0, 0.1) is 16.0 Å². The second-order valence-corrected chi connectivity index (χ2v) is 4.90. The number of carbonyl (C=O) groups is 2. The molecule has 1 fully saturated rings. The van der Waals surface area contributed by atoms with Crippen molar-refractivity contribution in [1.29, 1.82) is 0 Å². The van der Waals surface area contributed by atoms with Gasteiger partial charge in [0.25, 0.3) is 11.6 Å². The lowest BCUT2D eigenvalue weighted by atomic mass is 10.1. The highest BCUT2D eigenvalue weighted by molar-refractivity contribution is 6.35.